The summed E-state index contributed by atoms with van der Waals surface area (Å²) < 4.78 is 0. The Labute approximate surface area is 114 Å². The molecule has 0 amide bonds. The lowest BCUT2D eigenvalue weighted by molar-refractivity contribution is -0.142. The van der Waals surface area contributed by atoms with Crippen LogP contribution in [0.4, 0.5) is 0 Å². The van der Waals surface area contributed by atoms with Crippen molar-refractivity contribution < 1.29 is 9.90 Å². The molecule has 1 fully saturated rings. The van der Waals surface area contributed by atoms with E-state index < -0.39 is 5.97 Å². The van der Waals surface area contributed by atoms with Crippen molar-refractivity contribution in [3.63, 3.8) is 0 Å². The first-order chi connectivity index (χ1) is 9.08. The average Bonchev–Trinajstić information content (AvgIpc) is 2.41. The summed E-state index contributed by atoms with van der Waals surface area (Å²) in [5.74, 6) is -1.04. The number of aliphatic carboxylic acids is 1. The summed E-state index contributed by atoms with van der Waals surface area (Å²) in [7, 11) is 2.12. The minimum atomic E-state index is -0.717. The molecule has 1 N–H and O–H groups in total. The van der Waals surface area contributed by atoms with Gasteiger partial charge >= 0.3 is 5.97 Å². The van der Waals surface area contributed by atoms with E-state index >= 15 is 0 Å². The van der Waals surface area contributed by atoms with Crippen LogP contribution in [0.1, 0.15) is 18.5 Å². The summed E-state index contributed by atoms with van der Waals surface area (Å²) in [6.45, 7) is 5.27. The molecule has 1 aromatic carbocycles. The number of carboxylic acid groups (broad SMARTS) is 1. The Morgan fingerprint density at radius 2 is 2.05 bits per heavy atom. The van der Waals surface area contributed by atoms with Crippen LogP contribution in [-0.2, 0) is 4.79 Å². The van der Waals surface area contributed by atoms with Gasteiger partial charge in [0, 0.05) is 32.2 Å². The predicted octanol–water partition coefficient (Wildman–Crippen LogP) is 1.70. The van der Waals surface area contributed by atoms with Gasteiger partial charge in [-0.2, -0.15) is 0 Å². The summed E-state index contributed by atoms with van der Waals surface area (Å²) >= 11 is 0. The first-order valence-corrected chi connectivity index (χ1v) is 6.78. The standard InChI is InChI=1S/C15H22N2O2/c1-12(15(18)19)10-17-9-8-16(2)11-14(17)13-6-4-3-5-7-13/h3-7,12,14H,8-11H2,1-2H3,(H,18,19). The molecule has 0 spiro atoms. The number of piperazine rings is 1. The number of hydrogen-bond acceptors (Lipinski definition) is 3. The van der Waals surface area contributed by atoms with E-state index in [1.165, 1.54) is 5.56 Å². The number of benzene rings is 1. The monoisotopic (exact) mass is 262 g/mol. The lowest BCUT2D eigenvalue weighted by Gasteiger charge is -2.41. The van der Waals surface area contributed by atoms with Crippen molar-refractivity contribution in [2.45, 2.75) is 13.0 Å². The minimum absolute atomic E-state index is 0.293. The van der Waals surface area contributed by atoms with Gasteiger partial charge in [0.15, 0.2) is 0 Å². The van der Waals surface area contributed by atoms with E-state index in [0.29, 0.717) is 12.6 Å². The van der Waals surface area contributed by atoms with Crippen molar-refractivity contribution in [1.29, 1.82) is 0 Å². The molecule has 0 bridgehead atoms. The fourth-order valence-corrected chi connectivity index (χ4v) is 2.60. The second kappa shape index (κ2) is 6.17. The van der Waals surface area contributed by atoms with Gasteiger partial charge < -0.3 is 10.0 Å². The molecule has 1 aliphatic rings. The van der Waals surface area contributed by atoms with Gasteiger partial charge in [0.25, 0.3) is 0 Å². The zero-order valence-corrected chi connectivity index (χ0v) is 11.6. The number of hydrogen-bond donors (Lipinski definition) is 1. The molecule has 4 nitrogen and oxygen atoms in total. The zero-order valence-electron chi connectivity index (χ0n) is 11.6. The van der Waals surface area contributed by atoms with Gasteiger partial charge in [-0.1, -0.05) is 37.3 Å². The smallest absolute Gasteiger partial charge is 0.307 e. The molecular formula is C15H22N2O2. The van der Waals surface area contributed by atoms with E-state index in [0.717, 1.165) is 19.6 Å². The summed E-state index contributed by atoms with van der Waals surface area (Å²) in [4.78, 5) is 15.6. The van der Waals surface area contributed by atoms with Crippen LogP contribution in [0.15, 0.2) is 30.3 Å². The number of carbonyl (C=O) groups is 1. The molecule has 1 saturated heterocycles. The first-order valence-electron chi connectivity index (χ1n) is 6.78. The lowest BCUT2D eigenvalue weighted by atomic mass is 10.0. The molecule has 2 unspecified atom stereocenters. The van der Waals surface area contributed by atoms with Crippen molar-refractivity contribution in [3.8, 4) is 0 Å². The third kappa shape index (κ3) is 3.55. The Morgan fingerprint density at radius 1 is 1.37 bits per heavy atom. The number of nitrogens with zero attached hydrogens (tertiary/aromatic N) is 2. The molecule has 0 aromatic heterocycles. The number of likely N-dealkylation sites (N-methyl/N-ethyl adjacent to an activating group) is 1. The molecule has 1 heterocycles. The van der Waals surface area contributed by atoms with Crippen LogP contribution in [0.5, 0.6) is 0 Å². The fraction of sp³-hybridized carbons (Fsp3) is 0.533. The Morgan fingerprint density at radius 3 is 2.68 bits per heavy atom. The Hall–Kier alpha value is -1.39. The van der Waals surface area contributed by atoms with Gasteiger partial charge in [0.1, 0.15) is 0 Å². The topological polar surface area (TPSA) is 43.8 Å². The summed E-state index contributed by atoms with van der Waals surface area (Å²) in [5.41, 5.74) is 1.27. The Kier molecular flexibility index (Phi) is 4.56. The highest BCUT2D eigenvalue weighted by Crippen LogP contribution is 2.25. The van der Waals surface area contributed by atoms with Crippen molar-refractivity contribution in [2.24, 2.45) is 5.92 Å². The van der Waals surface area contributed by atoms with Crippen LogP contribution >= 0.6 is 0 Å². The van der Waals surface area contributed by atoms with Gasteiger partial charge in [0.05, 0.1) is 5.92 Å². The van der Waals surface area contributed by atoms with Gasteiger partial charge in [-0.15, -0.1) is 0 Å². The molecule has 0 saturated carbocycles. The minimum Gasteiger partial charge on any atom is -0.481 e. The van der Waals surface area contributed by atoms with Crippen molar-refractivity contribution in [3.05, 3.63) is 35.9 Å². The molecule has 0 radical (unpaired) electrons. The lowest BCUT2D eigenvalue weighted by Crippen LogP contribution is -2.48. The maximum Gasteiger partial charge on any atom is 0.307 e. The third-order valence-corrected chi connectivity index (χ3v) is 3.81. The molecule has 2 rings (SSSR count). The van der Waals surface area contributed by atoms with Crippen LogP contribution in [0.25, 0.3) is 0 Å². The van der Waals surface area contributed by atoms with Gasteiger partial charge in [-0.3, -0.25) is 9.69 Å². The largest absolute Gasteiger partial charge is 0.481 e. The van der Waals surface area contributed by atoms with E-state index in [2.05, 4.69) is 29.0 Å². The van der Waals surface area contributed by atoms with Crippen LogP contribution in [0.2, 0.25) is 0 Å². The molecule has 104 valence electrons. The third-order valence-electron chi connectivity index (χ3n) is 3.81. The maximum atomic E-state index is 11.0. The highest BCUT2D eigenvalue weighted by molar-refractivity contribution is 5.69. The van der Waals surface area contributed by atoms with E-state index in [1.54, 1.807) is 6.92 Å². The normalized spacial score (nSPS) is 23.2. The molecule has 2 atom stereocenters. The molecule has 19 heavy (non-hydrogen) atoms. The van der Waals surface area contributed by atoms with Crippen LogP contribution in [0, 0.1) is 5.92 Å². The van der Waals surface area contributed by atoms with E-state index in [9.17, 15) is 4.79 Å². The first kappa shape index (κ1) is 14.0. The molecule has 1 aliphatic heterocycles. The predicted molar refractivity (Wildman–Crippen MR) is 75.1 cm³/mol. The van der Waals surface area contributed by atoms with Crippen LogP contribution < -0.4 is 0 Å². The zero-order chi connectivity index (χ0) is 13.8. The highest BCUT2D eigenvalue weighted by atomic mass is 16.4. The van der Waals surface area contributed by atoms with E-state index in [4.69, 9.17) is 5.11 Å². The quantitative estimate of drug-likeness (QED) is 0.897. The highest BCUT2D eigenvalue weighted by Gasteiger charge is 2.28. The molecule has 1 aromatic rings. The van der Waals surface area contributed by atoms with Crippen molar-refractivity contribution in [2.75, 3.05) is 33.2 Å². The summed E-state index contributed by atoms with van der Waals surface area (Å²) in [6, 6.07) is 10.7. The van der Waals surface area contributed by atoms with Gasteiger partial charge in [-0.05, 0) is 12.6 Å². The molecular weight excluding hydrogens is 240 g/mol. The van der Waals surface area contributed by atoms with E-state index in [1.807, 2.05) is 18.2 Å². The Bertz CT molecular complexity index is 421. The maximum absolute atomic E-state index is 11.0. The van der Waals surface area contributed by atoms with Crippen LogP contribution in [-0.4, -0.2) is 54.1 Å². The fourth-order valence-electron chi connectivity index (χ4n) is 2.60. The van der Waals surface area contributed by atoms with Crippen molar-refractivity contribution >= 4 is 5.97 Å². The van der Waals surface area contributed by atoms with Crippen LogP contribution in [0.3, 0.4) is 0 Å². The van der Waals surface area contributed by atoms with Crippen molar-refractivity contribution in [1.82, 2.24) is 9.80 Å². The SMILES string of the molecule is CC(CN1CCN(C)CC1c1ccccc1)C(=O)O. The second-order valence-electron chi connectivity index (χ2n) is 5.42. The molecule has 0 aliphatic carbocycles. The van der Waals surface area contributed by atoms with Gasteiger partial charge in [-0.25, -0.2) is 0 Å². The second-order valence-corrected chi connectivity index (χ2v) is 5.42. The average molecular weight is 262 g/mol. The van der Waals surface area contributed by atoms with E-state index in [-0.39, 0.29) is 5.92 Å². The number of rotatable bonds is 4. The Balaban J connectivity index is 2.13. The number of carboxylic acids is 1. The van der Waals surface area contributed by atoms with Gasteiger partial charge in [0.2, 0.25) is 0 Å². The summed E-state index contributed by atoms with van der Waals surface area (Å²) in [5, 5.41) is 9.08. The molecule has 4 heteroatoms. The summed E-state index contributed by atoms with van der Waals surface area (Å²) in [6.07, 6.45) is 0.